The Morgan fingerprint density at radius 3 is 2.82 bits per heavy atom. The molecule has 0 fully saturated rings. The van der Waals surface area contributed by atoms with E-state index in [9.17, 15) is 13.6 Å². The molecule has 1 aromatic carbocycles. The quantitative estimate of drug-likeness (QED) is 0.629. The van der Waals surface area contributed by atoms with E-state index in [0.29, 0.717) is 22.6 Å². The number of halogens is 2. The first kappa shape index (κ1) is 21.4. The molecule has 2 aliphatic rings. The van der Waals surface area contributed by atoms with E-state index in [-0.39, 0.29) is 36.4 Å². The number of carbonyl (C=O) groups is 1. The number of nitrogens with zero attached hydrogens (tertiary/aromatic N) is 4. The number of hydrogen-bond acceptors (Lipinski definition) is 7. The van der Waals surface area contributed by atoms with Gasteiger partial charge in [-0.05, 0) is 37.6 Å². The summed E-state index contributed by atoms with van der Waals surface area (Å²) in [7, 11) is 0. The molecule has 0 amide bonds. The maximum absolute atomic E-state index is 15.0. The van der Waals surface area contributed by atoms with Crippen LogP contribution in [0.5, 0.6) is 0 Å². The predicted octanol–water partition coefficient (Wildman–Crippen LogP) is 3.55. The molecule has 170 valence electrons. The van der Waals surface area contributed by atoms with Gasteiger partial charge >= 0.3 is 0 Å². The smallest absolute Gasteiger partial charge is 0.229 e. The van der Waals surface area contributed by atoms with E-state index in [1.165, 1.54) is 6.07 Å². The van der Waals surface area contributed by atoms with E-state index in [0.717, 1.165) is 37.0 Å². The summed E-state index contributed by atoms with van der Waals surface area (Å²) in [4.78, 5) is 26.9. The standard InChI is InChI=1S/C24H24F2N6O/c1-13(2)32-12-16(33)9-17-18(25)7-15(8-21(17)32)23-19(26)11-28-24(31-23)30-22-4-3-14-10-27-6-5-20(14)29-22/h3-4,7-8,11,13,27H,5-6,9-10,12H2,1-2H3,(H,28,29,30,31). The van der Waals surface area contributed by atoms with Crippen molar-refractivity contribution in [2.75, 3.05) is 23.3 Å². The molecule has 0 aliphatic carbocycles. The van der Waals surface area contributed by atoms with Gasteiger partial charge in [0.2, 0.25) is 5.95 Å². The lowest BCUT2D eigenvalue weighted by atomic mass is 9.96. The highest BCUT2D eigenvalue weighted by Crippen LogP contribution is 2.35. The summed E-state index contributed by atoms with van der Waals surface area (Å²) in [6.07, 6.45) is 1.92. The van der Waals surface area contributed by atoms with Crippen molar-refractivity contribution in [3.63, 3.8) is 0 Å². The van der Waals surface area contributed by atoms with Crippen LogP contribution in [-0.2, 0) is 24.2 Å². The Kier molecular flexibility index (Phi) is 5.49. The Morgan fingerprint density at radius 2 is 2.00 bits per heavy atom. The van der Waals surface area contributed by atoms with Crippen LogP contribution in [-0.4, -0.2) is 39.9 Å². The van der Waals surface area contributed by atoms with Gasteiger partial charge in [-0.1, -0.05) is 6.07 Å². The monoisotopic (exact) mass is 450 g/mol. The molecule has 7 nitrogen and oxygen atoms in total. The van der Waals surface area contributed by atoms with Crippen molar-refractivity contribution in [3.05, 3.63) is 58.9 Å². The molecule has 0 bridgehead atoms. The van der Waals surface area contributed by atoms with Crippen molar-refractivity contribution in [2.45, 2.75) is 39.3 Å². The lowest BCUT2D eigenvalue weighted by Crippen LogP contribution is -2.40. The Labute approximate surface area is 190 Å². The number of ketones is 1. The zero-order valence-electron chi connectivity index (χ0n) is 18.5. The average Bonchev–Trinajstić information content (AvgIpc) is 2.80. The van der Waals surface area contributed by atoms with Gasteiger partial charge in [0.1, 0.15) is 17.3 Å². The normalized spacial score (nSPS) is 15.4. The molecule has 4 heterocycles. The summed E-state index contributed by atoms with van der Waals surface area (Å²) in [6, 6.07) is 6.73. The maximum Gasteiger partial charge on any atom is 0.229 e. The van der Waals surface area contributed by atoms with Gasteiger partial charge in [0.15, 0.2) is 11.6 Å². The fraction of sp³-hybridized carbons (Fsp3) is 0.333. The number of nitrogens with one attached hydrogen (secondary N) is 2. The van der Waals surface area contributed by atoms with E-state index < -0.39 is 11.6 Å². The van der Waals surface area contributed by atoms with Crippen LogP contribution in [0.2, 0.25) is 0 Å². The summed E-state index contributed by atoms with van der Waals surface area (Å²) in [5, 5.41) is 6.33. The highest BCUT2D eigenvalue weighted by Gasteiger charge is 2.28. The number of pyridine rings is 1. The SMILES string of the molecule is CC(C)N1CC(=O)Cc2c(F)cc(-c3nc(Nc4ccc5c(n4)CCNC5)ncc3F)cc21. The number of Topliss-reactive ketones (excluding diaryl/α,β-unsaturated/α-hetero) is 1. The zero-order valence-corrected chi connectivity index (χ0v) is 18.5. The van der Waals surface area contributed by atoms with Crippen LogP contribution in [0.25, 0.3) is 11.3 Å². The van der Waals surface area contributed by atoms with E-state index in [1.807, 2.05) is 30.9 Å². The molecule has 9 heteroatoms. The lowest BCUT2D eigenvalue weighted by Gasteiger charge is -2.34. The number of hydrogen-bond donors (Lipinski definition) is 2. The van der Waals surface area contributed by atoms with Crippen molar-refractivity contribution in [1.29, 1.82) is 0 Å². The second kappa shape index (κ2) is 8.47. The molecule has 0 saturated carbocycles. The largest absolute Gasteiger partial charge is 0.361 e. The third-order valence-electron chi connectivity index (χ3n) is 6.01. The Hall–Kier alpha value is -3.46. The van der Waals surface area contributed by atoms with E-state index in [2.05, 4.69) is 25.6 Å². The molecule has 3 aromatic rings. The van der Waals surface area contributed by atoms with Crippen LogP contribution in [0, 0.1) is 11.6 Å². The molecular formula is C24H24F2N6O. The minimum absolute atomic E-state index is 0.0135. The lowest BCUT2D eigenvalue weighted by molar-refractivity contribution is -0.117. The van der Waals surface area contributed by atoms with E-state index in [1.54, 1.807) is 6.07 Å². The average molecular weight is 450 g/mol. The first-order valence-corrected chi connectivity index (χ1v) is 11.0. The number of rotatable bonds is 4. The molecule has 0 spiro atoms. The minimum atomic E-state index is -0.660. The van der Waals surface area contributed by atoms with E-state index >= 15 is 0 Å². The van der Waals surface area contributed by atoms with Gasteiger partial charge < -0.3 is 15.5 Å². The highest BCUT2D eigenvalue weighted by molar-refractivity contribution is 5.91. The molecule has 5 rings (SSSR count). The summed E-state index contributed by atoms with van der Waals surface area (Å²) in [6.45, 7) is 5.71. The van der Waals surface area contributed by atoms with Crippen LogP contribution in [0.4, 0.5) is 26.2 Å². The van der Waals surface area contributed by atoms with Gasteiger partial charge in [0.05, 0.1) is 12.7 Å². The first-order chi connectivity index (χ1) is 15.9. The molecule has 0 unspecified atom stereocenters. The van der Waals surface area contributed by atoms with Crippen LogP contribution >= 0.6 is 0 Å². The molecule has 0 atom stereocenters. The van der Waals surface area contributed by atoms with Gasteiger partial charge in [-0.2, -0.15) is 0 Å². The van der Waals surface area contributed by atoms with Crippen molar-refractivity contribution < 1.29 is 13.6 Å². The van der Waals surface area contributed by atoms with Crippen molar-refractivity contribution in [2.24, 2.45) is 0 Å². The van der Waals surface area contributed by atoms with Gasteiger partial charge in [-0.15, -0.1) is 0 Å². The van der Waals surface area contributed by atoms with Gasteiger partial charge in [-0.25, -0.2) is 23.7 Å². The minimum Gasteiger partial charge on any atom is -0.361 e. The van der Waals surface area contributed by atoms with Crippen LogP contribution < -0.4 is 15.5 Å². The second-order valence-electron chi connectivity index (χ2n) is 8.64. The second-order valence-corrected chi connectivity index (χ2v) is 8.64. The summed E-state index contributed by atoms with van der Waals surface area (Å²) in [5.41, 5.74) is 3.35. The van der Waals surface area contributed by atoms with E-state index in [4.69, 9.17) is 0 Å². The fourth-order valence-corrected chi connectivity index (χ4v) is 4.33. The molecule has 2 aliphatic heterocycles. The van der Waals surface area contributed by atoms with Crippen molar-refractivity contribution in [1.82, 2.24) is 20.3 Å². The predicted molar refractivity (Wildman–Crippen MR) is 122 cm³/mol. The molecule has 0 radical (unpaired) electrons. The topological polar surface area (TPSA) is 83.0 Å². The molecule has 33 heavy (non-hydrogen) atoms. The Morgan fingerprint density at radius 1 is 1.15 bits per heavy atom. The summed E-state index contributed by atoms with van der Waals surface area (Å²) in [5.74, 6) is -0.516. The molecular weight excluding hydrogens is 426 g/mol. The van der Waals surface area contributed by atoms with Crippen LogP contribution in [0.3, 0.4) is 0 Å². The van der Waals surface area contributed by atoms with Crippen molar-refractivity contribution >= 4 is 23.2 Å². The van der Waals surface area contributed by atoms with Gasteiger partial charge in [0, 0.05) is 54.5 Å². The molecule has 0 saturated heterocycles. The Balaban J connectivity index is 1.50. The number of anilines is 3. The maximum atomic E-state index is 15.0. The Bertz CT molecular complexity index is 1250. The number of fused-ring (bicyclic) bond motifs is 2. The third kappa shape index (κ3) is 4.16. The number of aromatic nitrogens is 3. The molecule has 2 aromatic heterocycles. The molecule has 2 N–H and O–H groups in total. The first-order valence-electron chi connectivity index (χ1n) is 11.0. The van der Waals surface area contributed by atoms with Crippen molar-refractivity contribution in [3.8, 4) is 11.3 Å². The van der Waals surface area contributed by atoms with Crippen LogP contribution in [0.1, 0.15) is 30.7 Å². The number of benzene rings is 1. The zero-order chi connectivity index (χ0) is 23.1. The third-order valence-corrected chi connectivity index (χ3v) is 6.01. The highest BCUT2D eigenvalue weighted by atomic mass is 19.1. The number of carbonyl (C=O) groups excluding carboxylic acids is 1. The van der Waals surface area contributed by atoms with Crippen LogP contribution in [0.15, 0.2) is 30.5 Å². The van der Waals surface area contributed by atoms with Gasteiger partial charge in [0.25, 0.3) is 0 Å². The van der Waals surface area contributed by atoms with Gasteiger partial charge in [-0.3, -0.25) is 4.79 Å². The summed E-state index contributed by atoms with van der Waals surface area (Å²) >= 11 is 0. The fourth-order valence-electron chi connectivity index (χ4n) is 4.33. The summed E-state index contributed by atoms with van der Waals surface area (Å²) < 4.78 is 29.7.